The molecule has 0 atom stereocenters. The molecule has 0 amide bonds. The highest BCUT2D eigenvalue weighted by atomic mass is 31.2. The molecule has 4 saturated carbocycles. The fraction of sp³-hybridized carbons (Fsp3) is 1.00. The molecule has 0 aromatic rings. The van der Waals surface area contributed by atoms with Crippen LogP contribution in [0.3, 0.4) is 0 Å². The van der Waals surface area contributed by atoms with Crippen molar-refractivity contribution in [2.24, 2.45) is 0 Å². The molecule has 0 saturated heterocycles. The maximum Gasteiger partial charge on any atom is 0.0918 e. The van der Waals surface area contributed by atoms with Crippen molar-refractivity contribution >= 4 is 7.36 Å². The van der Waals surface area contributed by atoms with Crippen LogP contribution < -0.4 is 0 Å². The summed E-state index contributed by atoms with van der Waals surface area (Å²) in [6.45, 7) is 2.44. The summed E-state index contributed by atoms with van der Waals surface area (Å²) in [5, 5.41) is 10.1. The molecule has 168 valence electrons. The van der Waals surface area contributed by atoms with Crippen LogP contribution in [0.4, 0.5) is 0 Å². The lowest BCUT2D eigenvalue weighted by molar-refractivity contribution is 0.128. The van der Waals surface area contributed by atoms with Gasteiger partial charge in [-0.15, -0.1) is 0 Å². The number of nitrogens with zero attached hydrogens (tertiary/aromatic N) is 2. The summed E-state index contributed by atoms with van der Waals surface area (Å²) in [7, 11) is -2.02. The molecule has 29 heavy (non-hydrogen) atoms. The van der Waals surface area contributed by atoms with Gasteiger partial charge in [0.1, 0.15) is 0 Å². The Hall–Kier alpha value is 0.150. The van der Waals surface area contributed by atoms with Gasteiger partial charge in [-0.3, -0.25) is 14.5 Å². The molecule has 0 aromatic carbocycles. The number of hydrogen-bond donors (Lipinski definition) is 1. The fourth-order valence-electron chi connectivity index (χ4n) is 7.37. The summed E-state index contributed by atoms with van der Waals surface area (Å²) < 4.78 is 5.85. The Morgan fingerprint density at radius 1 is 0.448 bits per heavy atom. The quantitative estimate of drug-likeness (QED) is 0.438. The second-order valence-electron chi connectivity index (χ2n) is 10.8. The van der Waals surface area contributed by atoms with Gasteiger partial charge in [0.2, 0.25) is 0 Å². The summed E-state index contributed by atoms with van der Waals surface area (Å²) in [5.41, 5.74) is 0. The third-order valence-electron chi connectivity index (χ3n) is 8.69. The molecule has 3 nitrogen and oxygen atoms in total. The van der Waals surface area contributed by atoms with Crippen molar-refractivity contribution < 1.29 is 0 Å². The molecule has 4 aliphatic rings. The van der Waals surface area contributed by atoms with E-state index in [1.54, 1.807) is 0 Å². The lowest BCUT2D eigenvalue weighted by atomic mass is 9.90. The zero-order chi connectivity index (χ0) is 20.1. The van der Waals surface area contributed by atoms with Crippen molar-refractivity contribution in [2.75, 3.05) is 6.66 Å². The van der Waals surface area contributed by atoms with Crippen LogP contribution in [0, 0.1) is 5.16 Å². The third-order valence-corrected chi connectivity index (χ3v) is 11.8. The minimum atomic E-state index is -2.02. The first-order valence-corrected chi connectivity index (χ1v) is 15.5. The van der Waals surface area contributed by atoms with Crippen LogP contribution in [0.2, 0.25) is 0 Å². The molecule has 4 rings (SSSR count). The highest BCUT2D eigenvalue weighted by Gasteiger charge is 2.44. The Kier molecular flexibility index (Phi) is 8.20. The smallest absolute Gasteiger partial charge is 0.0918 e. The highest BCUT2D eigenvalue weighted by Crippen LogP contribution is 2.60. The first-order chi connectivity index (χ1) is 14.2. The van der Waals surface area contributed by atoms with E-state index >= 15 is 0 Å². The van der Waals surface area contributed by atoms with Crippen molar-refractivity contribution in [3.8, 4) is 0 Å². The number of nitrogens with one attached hydrogen (secondary N) is 1. The van der Waals surface area contributed by atoms with Gasteiger partial charge in [-0.05, 0) is 58.0 Å². The predicted molar refractivity (Wildman–Crippen MR) is 127 cm³/mol. The molecule has 0 heterocycles. The van der Waals surface area contributed by atoms with Crippen molar-refractivity contribution in [1.29, 1.82) is 5.16 Å². The molecule has 4 aliphatic carbocycles. The zero-order valence-electron chi connectivity index (χ0n) is 19.3. The monoisotopic (exact) mass is 421 g/mol. The molecule has 0 aliphatic heterocycles. The maximum atomic E-state index is 10.1. The van der Waals surface area contributed by atoms with Crippen LogP contribution in [0.25, 0.3) is 0 Å². The van der Waals surface area contributed by atoms with Gasteiger partial charge < -0.3 is 0 Å². The van der Waals surface area contributed by atoms with E-state index in [-0.39, 0.29) is 0 Å². The Morgan fingerprint density at radius 3 is 0.862 bits per heavy atom. The average molecular weight is 422 g/mol. The van der Waals surface area contributed by atoms with Gasteiger partial charge in [0.05, 0.1) is 7.36 Å². The molecule has 4 heteroatoms. The molecular formula is C25H48N3P. The Balaban J connectivity index is 1.64. The molecule has 4 fully saturated rings. The standard InChI is InChI=1S/C25H48N3P/c1-29(26,27(22-14-6-2-7-15-22)23-16-8-3-9-17-23)28(24-18-10-4-11-19-24)25-20-12-5-13-21-25/h22-26H,2-21H2,1H3. The van der Waals surface area contributed by atoms with E-state index < -0.39 is 7.36 Å². The second-order valence-corrected chi connectivity index (χ2v) is 13.6. The summed E-state index contributed by atoms with van der Waals surface area (Å²) >= 11 is 0. The van der Waals surface area contributed by atoms with E-state index in [1.165, 1.54) is 128 Å². The van der Waals surface area contributed by atoms with Crippen LogP contribution in [-0.2, 0) is 0 Å². The second kappa shape index (κ2) is 10.6. The van der Waals surface area contributed by atoms with Gasteiger partial charge in [0, 0.05) is 24.2 Å². The minimum absolute atomic E-state index is 0.706. The highest BCUT2D eigenvalue weighted by molar-refractivity contribution is 7.59. The SMILES string of the molecule is CP(=N)(N(C1CCCCC1)C1CCCCC1)N(C1CCCCC1)C1CCCCC1. The van der Waals surface area contributed by atoms with Crippen LogP contribution in [0.5, 0.6) is 0 Å². The zero-order valence-corrected chi connectivity index (χ0v) is 20.2. The molecule has 0 spiro atoms. The minimum Gasteiger partial charge on any atom is -0.290 e. The van der Waals surface area contributed by atoms with Gasteiger partial charge in [0.15, 0.2) is 0 Å². The topological polar surface area (TPSA) is 30.3 Å². The molecular weight excluding hydrogens is 373 g/mol. The van der Waals surface area contributed by atoms with Gasteiger partial charge >= 0.3 is 0 Å². The summed E-state index contributed by atoms with van der Waals surface area (Å²) in [5.74, 6) is 0. The Labute approximate surface area is 181 Å². The molecule has 0 aromatic heterocycles. The first kappa shape index (κ1) is 22.3. The lowest BCUT2D eigenvalue weighted by Gasteiger charge is -2.55. The van der Waals surface area contributed by atoms with Gasteiger partial charge in [0.25, 0.3) is 0 Å². The van der Waals surface area contributed by atoms with Gasteiger partial charge in [-0.2, -0.15) is 0 Å². The normalized spacial score (nSPS) is 27.7. The van der Waals surface area contributed by atoms with Crippen LogP contribution >= 0.6 is 7.36 Å². The molecule has 1 N–H and O–H groups in total. The fourth-order valence-corrected chi connectivity index (χ4v) is 11.1. The molecule has 0 bridgehead atoms. The maximum absolute atomic E-state index is 10.1. The van der Waals surface area contributed by atoms with E-state index in [4.69, 9.17) is 0 Å². The summed E-state index contributed by atoms with van der Waals surface area (Å²) in [6.07, 6.45) is 27.9. The first-order valence-electron chi connectivity index (χ1n) is 13.4. The van der Waals surface area contributed by atoms with Gasteiger partial charge in [-0.25, -0.2) is 0 Å². The molecule has 0 radical (unpaired) electrons. The van der Waals surface area contributed by atoms with Crippen molar-refractivity contribution in [3.05, 3.63) is 0 Å². The van der Waals surface area contributed by atoms with Crippen molar-refractivity contribution in [1.82, 2.24) is 9.34 Å². The van der Waals surface area contributed by atoms with E-state index in [2.05, 4.69) is 16.0 Å². The Bertz CT molecular complexity index is 446. The van der Waals surface area contributed by atoms with Crippen molar-refractivity contribution in [2.45, 2.75) is 153 Å². The van der Waals surface area contributed by atoms with Crippen LogP contribution in [-0.4, -0.2) is 40.2 Å². The van der Waals surface area contributed by atoms with Crippen LogP contribution in [0.1, 0.15) is 128 Å². The van der Waals surface area contributed by atoms with Crippen LogP contribution in [0.15, 0.2) is 0 Å². The number of hydrogen-bond acceptors (Lipinski definition) is 1. The van der Waals surface area contributed by atoms with E-state index in [0.29, 0.717) is 24.2 Å². The number of rotatable bonds is 6. The van der Waals surface area contributed by atoms with Crippen molar-refractivity contribution in [3.63, 3.8) is 0 Å². The van der Waals surface area contributed by atoms with E-state index in [1.807, 2.05) is 0 Å². The largest absolute Gasteiger partial charge is 0.290 e. The predicted octanol–water partition coefficient (Wildman–Crippen LogP) is 8.16. The third kappa shape index (κ3) is 5.32. The summed E-state index contributed by atoms with van der Waals surface area (Å²) in [4.78, 5) is 0. The summed E-state index contributed by atoms with van der Waals surface area (Å²) in [6, 6.07) is 2.82. The van der Waals surface area contributed by atoms with Gasteiger partial charge in [-0.1, -0.05) is 77.0 Å². The Morgan fingerprint density at radius 2 is 0.655 bits per heavy atom. The van der Waals surface area contributed by atoms with E-state index in [9.17, 15) is 5.16 Å². The average Bonchev–Trinajstić information content (AvgIpc) is 2.77. The van der Waals surface area contributed by atoms with E-state index in [0.717, 1.165) is 0 Å². The molecule has 0 unspecified atom stereocenters. The lowest BCUT2D eigenvalue weighted by Crippen LogP contribution is -2.51.